The van der Waals surface area contributed by atoms with E-state index in [1.54, 1.807) is 7.11 Å². The third kappa shape index (κ3) is 3.04. The molecule has 1 saturated carbocycles. The molecule has 0 heterocycles. The van der Waals surface area contributed by atoms with Crippen molar-refractivity contribution in [3.63, 3.8) is 0 Å². The number of methoxy groups -OCH3 is 1. The first-order chi connectivity index (χ1) is 10.7. The minimum absolute atomic E-state index is 0.774. The number of hydrogen-bond acceptors (Lipinski definition) is 3. The molecule has 114 valence electrons. The molecule has 0 radical (unpaired) electrons. The summed E-state index contributed by atoms with van der Waals surface area (Å²) in [5.74, 6) is 0.805. The van der Waals surface area contributed by atoms with E-state index in [0.717, 1.165) is 48.4 Å². The van der Waals surface area contributed by atoms with Crippen molar-refractivity contribution in [2.24, 2.45) is 4.99 Å². The van der Waals surface area contributed by atoms with E-state index in [-0.39, 0.29) is 0 Å². The highest BCUT2D eigenvalue weighted by atomic mass is 16.5. The van der Waals surface area contributed by atoms with Crippen LogP contribution in [0.15, 0.2) is 59.6 Å². The second-order valence-electron chi connectivity index (χ2n) is 5.76. The summed E-state index contributed by atoms with van der Waals surface area (Å²) in [6.45, 7) is 0. The third-order valence-electron chi connectivity index (χ3n) is 4.23. The lowest BCUT2D eigenvalue weighted by atomic mass is 9.90. The Bertz CT molecular complexity index is 641. The lowest BCUT2D eigenvalue weighted by molar-refractivity contribution is 0.121. The molecule has 1 fully saturated rings. The number of aliphatic hydroxyl groups is 1. The summed E-state index contributed by atoms with van der Waals surface area (Å²) in [7, 11) is 1.65. The van der Waals surface area contributed by atoms with Crippen LogP contribution in [0.1, 0.15) is 31.2 Å². The van der Waals surface area contributed by atoms with Crippen LogP contribution in [-0.2, 0) is 0 Å². The van der Waals surface area contributed by atoms with Gasteiger partial charge in [-0.25, -0.2) is 4.99 Å². The number of rotatable bonds is 4. The van der Waals surface area contributed by atoms with E-state index in [1.807, 2.05) is 54.6 Å². The Morgan fingerprint density at radius 3 is 2.23 bits per heavy atom. The Balaban J connectivity index is 2.02. The molecule has 0 aliphatic heterocycles. The first-order valence-electron chi connectivity index (χ1n) is 7.72. The largest absolute Gasteiger partial charge is 0.497 e. The van der Waals surface area contributed by atoms with Crippen LogP contribution in [0, 0.1) is 0 Å². The quantitative estimate of drug-likeness (QED) is 0.862. The van der Waals surface area contributed by atoms with Crippen molar-refractivity contribution in [3.8, 4) is 5.75 Å². The molecule has 1 aliphatic rings. The summed E-state index contributed by atoms with van der Waals surface area (Å²) in [4.78, 5) is 4.77. The van der Waals surface area contributed by atoms with Gasteiger partial charge in [-0.15, -0.1) is 0 Å². The van der Waals surface area contributed by atoms with Gasteiger partial charge in [-0.05, 0) is 42.7 Å². The molecule has 3 heteroatoms. The molecule has 22 heavy (non-hydrogen) atoms. The molecule has 3 rings (SSSR count). The summed E-state index contributed by atoms with van der Waals surface area (Å²) >= 11 is 0. The van der Waals surface area contributed by atoms with E-state index in [4.69, 9.17) is 9.73 Å². The molecule has 2 aromatic rings. The van der Waals surface area contributed by atoms with Gasteiger partial charge in [0.2, 0.25) is 0 Å². The number of hydrogen-bond donors (Lipinski definition) is 1. The van der Waals surface area contributed by atoms with Crippen molar-refractivity contribution in [3.05, 3.63) is 60.2 Å². The van der Waals surface area contributed by atoms with Crippen molar-refractivity contribution in [2.45, 2.75) is 31.3 Å². The van der Waals surface area contributed by atoms with E-state index in [9.17, 15) is 5.11 Å². The van der Waals surface area contributed by atoms with Crippen molar-refractivity contribution in [1.82, 2.24) is 0 Å². The standard InChI is InChI=1S/C19H21NO2/c1-22-17-11-9-16(10-12-17)20-18(15-7-3-2-4-8-15)19(21)13-5-6-14-19/h2-4,7-12,21H,5-6,13-14H2,1H3. The summed E-state index contributed by atoms with van der Waals surface area (Å²) < 4.78 is 5.18. The minimum atomic E-state index is -0.818. The van der Waals surface area contributed by atoms with E-state index in [2.05, 4.69) is 0 Å². The summed E-state index contributed by atoms with van der Waals surface area (Å²) in [5.41, 5.74) is 1.78. The summed E-state index contributed by atoms with van der Waals surface area (Å²) in [6, 6.07) is 17.6. The van der Waals surface area contributed by atoms with Gasteiger partial charge in [0.05, 0.1) is 18.5 Å². The molecule has 0 spiro atoms. The molecule has 0 saturated heterocycles. The summed E-state index contributed by atoms with van der Waals surface area (Å²) in [5, 5.41) is 11.0. The normalized spacial score (nSPS) is 17.5. The van der Waals surface area contributed by atoms with Crippen LogP contribution in [0.2, 0.25) is 0 Å². The van der Waals surface area contributed by atoms with Gasteiger partial charge in [-0.3, -0.25) is 0 Å². The zero-order valence-electron chi connectivity index (χ0n) is 12.8. The molecule has 2 aromatic carbocycles. The highest BCUT2D eigenvalue weighted by Gasteiger charge is 2.37. The van der Waals surface area contributed by atoms with Gasteiger partial charge >= 0.3 is 0 Å². The van der Waals surface area contributed by atoms with Crippen LogP contribution in [-0.4, -0.2) is 23.5 Å². The van der Waals surface area contributed by atoms with Crippen LogP contribution in [0.3, 0.4) is 0 Å². The van der Waals surface area contributed by atoms with Gasteiger partial charge in [-0.2, -0.15) is 0 Å². The van der Waals surface area contributed by atoms with E-state index in [0.29, 0.717) is 0 Å². The van der Waals surface area contributed by atoms with E-state index >= 15 is 0 Å². The Morgan fingerprint density at radius 2 is 1.64 bits per heavy atom. The van der Waals surface area contributed by atoms with Gasteiger partial charge in [-0.1, -0.05) is 43.2 Å². The highest BCUT2D eigenvalue weighted by molar-refractivity contribution is 6.07. The van der Waals surface area contributed by atoms with Crippen molar-refractivity contribution < 1.29 is 9.84 Å². The SMILES string of the molecule is COc1ccc(N=C(c2ccccc2)C2(O)CCCC2)cc1. The van der Waals surface area contributed by atoms with Gasteiger partial charge in [0.25, 0.3) is 0 Å². The van der Waals surface area contributed by atoms with Crippen LogP contribution in [0.4, 0.5) is 5.69 Å². The first-order valence-corrected chi connectivity index (χ1v) is 7.72. The molecule has 0 atom stereocenters. The van der Waals surface area contributed by atoms with Crippen LogP contribution >= 0.6 is 0 Å². The molecule has 0 amide bonds. The average Bonchev–Trinajstić information content (AvgIpc) is 3.01. The average molecular weight is 295 g/mol. The maximum atomic E-state index is 11.0. The van der Waals surface area contributed by atoms with Gasteiger partial charge in [0.15, 0.2) is 0 Å². The predicted octanol–water partition coefficient (Wildman–Crippen LogP) is 4.12. The molecular formula is C19H21NO2. The number of nitrogens with zero attached hydrogens (tertiary/aromatic N) is 1. The smallest absolute Gasteiger partial charge is 0.119 e. The van der Waals surface area contributed by atoms with Gasteiger partial charge in [0.1, 0.15) is 11.4 Å². The highest BCUT2D eigenvalue weighted by Crippen LogP contribution is 2.34. The zero-order chi connectivity index (χ0) is 15.4. The second kappa shape index (κ2) is 6.32. The van der Waals surface area contributed by atoms with Crippen molar-refractivity contribution >= 4 is 11.4 Å². The molecule has 1 aliphatic carbocycles. The minimum Gasteiger partial charge on any atom is -0.497 e. The lowest BCUT2D eigenvalue weighted by Gasteiger charge is -2.25. The fraction of sp³-hybridized carbons (Fsp3) is 0.316. The Labute approximate surface area is 131 Å². The molecule has 3 nitrogen and oxygen atoms in total. The van der Waals surface area contributed by atoms with E-state index < -0.39 is 5.60 Å². The fourth-order valence-electron chi connectivity index (χ4n) is 3.02. The summed E-state index contributed by atoms with van der Waals surface area (Å²) in [6.07, 6.45) is 3.64. The maximum absolute atomic E-state index is 11.0. The Morgan fingerprint density at radius 1 is 1.00 bits per heavy atom. The molecule has 0 unspecified atom stereocenters. The van der Waals surface area contributed by atoms with Crippen LogP contribution < -0.4 is 4.74 Å². The topological polar surface area (TPSA) is 41.8 Å². The number of benzene rings is 2. The van der Waals surface area contributed by atoms with Crippen LogP contribution in [0.25, 0.3) is 0 Å². The van der Waals surface area contributed by atoms with Crippen molar-refractivity contribution in [2.75, 3.05) is 7.11 Å². The number of aliphatic imine (C=N–C) groups is 1. The van der Waals surface area contributed by atoms with Crippen LogP contribution in [0.5, 0.6) is 5.75 Å². The fourth-order valence-corrected chi connectivity index (χ4v) is 3.02. The maximum Gasteiger partial charge on any atom is 0.119 e. The monoisotopic (exact) mass is 295 g/mol. The van der Waals surface area contributed by atoms with Crippen molar-refractivity contribution in [1.29, 1.82) is 0 Å². The lowest BCUT2D eigenvalue weighted by Crippen LogP contribution is -2.36. The molecule has 0 aromatic heterocycles. The predicted molar refractivity (Wildman–Crippen MR) is 89.1 cm³/mol. The number of ether oxygens (including phenoxy) is 1. The first kappa shape index (κ1) is 14.8. The van der Waals surface area contributed by atoms with E-state index in [1.165, 1.54) is 0 Å². The van der Waals surface area contributed by atoms with Gasteiger partial charge < -0.3 is 9.84 Å². The second-order valence-corrected chi connectivity index (χ2v) is 5.76. The molecule has 1 N–H and O–H groups in total. The van der Waals surface area contributed by atoms with Gasteiger partial charge in [0, 0.05) is 0 Å². The third-order valence-corrected chi connectivity index (χ3v) is 4.23. The zero-order valence-corrected chi connectivity index (χ0v) is 12.8. The molecule has 0 bridgehead atoms. The Hall–Kier alpha value is -2.13. The molecular weight excluding hydrogens is 274 g/mol. The Kier molecular flexibility index (Phi) is 4.25.